The van der Waals surface area contributed by atoms with Crippen molar-refractivity contribution in [2.45, 2.75) is 33.2 Å². The van der Waals surface area contributed by atoms with Gasteiger partial charge in [-0.2, -0.15) is 0 Å². The van der Waals surface area contributed by atoms with Crippen molar-refractivity contribution in [1.29, 1.82) is 0 Å². The molecule has 0 aliphatic heterocycles. The molecule has 1 heterocycles. The standard InChI is InChI=1S/C14H23N3O3S/c1-3-4-11-21(19,20)16-9-10-17(13(2)18)12-14-5-7-15-8-6-14/h5-8,16H,3-4,9-12H2,1-2H3. The van der Waals surface area contributed by atoms with Crippen LogP contribution in [0.5, 0.6) is 0 Å². The van der Waals surface area contributed by atoms with E-state index in [1.54, 1.807) is 17.3 Å². The molecular formula is C14H23N3O3S. The van der Waals surface area contributed by atoms with Crippen LogP contribution in [-0.2, 0) is 21.4 Å². The van der Waals surface area contributed by atoms with Crippen molar-refractivity contribution in [3.05, 3.63) is 30.1 Å². The lowest BCUT2D eigenvalue weighted by Crippen LogP contribution is -2.37. The number of hydrogen-bond acceptors (Lipinski definition) is 4. The Morgan fingerprint density at radius 2 is 2.00 bits per heavy atom. The van der Waals surface area contributed by atoms with E-state index >= 15 is 0 Å². The van der Waals surface area contributed by atoms with Gasteiger partial charge in [-0.1, -0.05) is 13.3 Å². The number of carbonyl (C=O) groups is 1. The fraction of sp³-hybridized carbons (Fsp3) is 0.571. The second-order valence-electron chi connectivity index (χ2n) is 4.86. The minimum atomic E-state index is -3.24. The summed E-state index contributed by atoms with van der Waals surface area (Å²) in [6.07, 6.45) is 4.81. The molecule has 1 amide bonds. The summed E-state index contributed by atoms with van der Waals surface area (Å²) in [6, 6.07) is 3.67. The Morgan fingerprint density at radius 3 is 2.57 bits per heavy atom. The second kappa shape index (κ2) is 8.74. The number of amides is 1. The van der Waals surface area contributed by atoms with Gasteiger partial charge in [0, 0.05) is 39.0 Å². The maximum atomic E-state index is 11.7. The van der Waals surface area contributed by atoms with Gasteiger partial charge in [0.15, 0.2) is 0 Å². The third kappa shape index (κ3) is 7.19. The number of carbonyl (C=O) groups excluding carboxylic acids is 1. The van der Waals surface area contributed by atoms with Crippen molar-refractivity contribution in [3.8, 4) is 0 Å². The van der Waals surface area contributed by atoms with Gasteiger partial charge in [0.1, 0.15) is 0 Å². The van der Waals surface area contributed by atoms with Crippen LogP contribution in [0.3, 0.4) is 0 Å². The molecule has 1 aromatic rings. The number of hydrogen-bond donors (Lipinski definition) is 1. The summed E-state index contributed by atoms with van der Waals surface area (Å²) < 4.78 is 25.9. The molecular weight excluding hydrogens is 290 g/mol. The highest BCUT2D eigenvalue weighted by Gasteiger charge is 2.12. The number of pyridine rings is 1. The van der Waals surface area contributed by atoms with Gasteiger partial charge in [-0.25, -0.2) is 13.1 Å². The first-order valence-corrected chi connectivity index (χ1v) is 8.71. The SMILES string of the molecule is CCCCS(=O)(=O)NCCN(Cc1ccncc1)C(C)=O. The van der Waals surface area contributed by atoms with Crippen molar-refractivity contribution in [1.82, 2.24) is 14.6 Å². The molecule has 118 valence electrons. The van der Waals surface area contributed by atoms with Crippen molar-refractivity contribution in [2.75, 3.05) is 18.8 Å². The van der Waals surface area contributed by atoms with Gasteiger partial charge in [0.2, 0.25) is 15.9 Å². The van der Waals surface area contributed by atoms with Crippen LogP contribution in [0.4, 0.5) is 0 Å². The Bertz CT molecular complexity index is 532. The average Bonchev–Trinajstić information content (AvgIpc) is 2.45. The minimum Gasteiger partial charge on any atom is -0.337 e. The molecule has 0 aromatic carbocycles. The van der Waals surface area contributed by atoms with Crippen LogP contribution in [0.2, 0.25) is 0 Å². The van der Waals surface area contributed by atoms with Crippen molar-refractivity contribution in [3.63, 3.8) is 0 Å². The highest BCUT2D eigenvalue weighted by Crippen LogP contribution is 2.03. The van der Waals surface area contributed by atoms with E-state index in [0.717, 1.165) is 12.0 Å². The topological polar surface area (TPSA) is 79.4 Å². The van der Waals surface area contributed by atoms with E-state index in [0.29, 0.717) is 19.5 Å². The highest BCUT2D eigenvalue weighted by molar-refractivity contribution is 7.89. The van der Waals surface area contributed by atoms with Gasteiger partial charge in [0.05, 0.1) is 5.75 Å². The molecule has 7 heteroatoms. The molecule has 0 spiro atoms. The van der Waals surface area contributed by atoms with Crippen LogP contribution in [-0.4, -0.2) is 43.1 Å². The maximum Gasteiger partial charge on any atom is 0.219 e. The Balaban J connectivity index is 2.47. The van der Waals surface area contributed by atoms with Gasteiger partial charge < -0.3 is 4.90 Å². The smallest absolute Gasteiger partial charge is 0.219 e. The van der Waals surface area contributed by atoms with Crippen molar-refractivity contribution in [2.24, 2.45) is 0 Å². The van der Waals surface area contributed by atoms with E-state index in [2.05, 4.69) is 9.71 Å². The zero-order chi connectivity index (χ0) is 15.7. The molecule has 0 saturated heterocycles. The summed E-state index contributed by atoms with van der Waals surface area (Å²) in [4.78, 5) is 17.1. The van der Waals surface area contributed by atoms with Crippen LogP contribution in [0.1, 0.15) is 32.3 Å². The molecule has 1 N–H and O–H groups in total. The van der Waals surface area contributed by atoms with Crippen LogP contribution in [0.15, 0.2) is 24.5 Å². The van der Waals surface area contributed by atoms with E-state index in [1.807, 2.05) is 19.1 Å². The number of rotatable bonds is 9. The molecule has 0 saturated carbocycles. The normalized spacial score (nSPS) is 11.3. The zero-order valence-corrected chi connectivity index (χ0v) is 13.4. The third-order valence-corrected chi connectivity index (χ3v) is 4.51. The quantitative estimate of drug-likeness (QED) is 0.741. The summed E-state index contributed by atoms with van der Waals surface area (Å²) in [5.74, 6) is 0.0491. The van der Waals surface area contributed by atoms with Crippen molar-refractivity contribution >= 4 is 15.9 Å². The molecule has 1 rings (SSSR count). The van der Waals surface area contributed by atoms with Crippen LogP contribution >= 0.6 is 0 Å². The van der Waals surface area contributed by atoms with E-state index in [1.165, 1.54) is 6.92 Å². The molecule has 0 aliphatic rings. The molecule has 6 nitrogen and oxygen atoms in total. The predicted molar refractivity (Wildman–Crippen MR) is 82.0 cm³/mol. The summed E-state index contributed by atoms with van der Waals surface area (Å²) in [5.41, 5.74) is 0.967. The molecule has 0 unspecified atom stereocenters. The molecule has 0 fully saturated rings. The number of unbranched alkanes of at least 4 members (excludes halogenated alkanes) is 1. The van der Waals surface area contributed by atoms with Gasteiger partial charge in [-0.15, -0.1) is 0 Å². The summed E-state index contributed by atoms with van der Waals surface area (Å²) in [6.45, 7) is 4.46. The zero-order valence-electron chi connectivity index (χ0n) is 12.6. The largest absolute Gasteiger partial charge is 0.337 e. The van der Waals surface area contributed by atoms with E-state index < -0.39 is 10.0 Å². The Hall–Kier alpha value is -1.47. The summed E-state index contributed by atoms with van der Waals surface area (Å²) in [7, 11) is -3.24. The van der Waals surface area contributed by atoms with Gasteiger partial charge in [-0.05, 0) is 24.1 Å². The Labute approximate surface area is 126 Å². The summed E-state index contributed by atoms with van der Waals surface area (Å²) in [5, 5.41) is 0. The fourth-order valence-electron chi connectivity index (χ4n) is 1.80. The highest BCUT2D eigenvalue weighted by atomic mass is 32.2. The lowest BCUT2D eigenvalue weighted by Gasteiger charge is -2.21. The number of aromatic nitrogens is 1. The molecule has 0 atom stereocenters. The third-order valence-electron chi connectivity index (χ3n) is 3.04. The number of nitrogens with one attached hydrogen (secondary N) is 1. The monoisotopic (exact) mass is 313 g/mol. The minimum absolute atomic E-state index is 0.0837. The van der Waals surface area contributed by atoms with Gasteiger partial charge in [0.25, 0.3) is 0 Å². The molecule has 0 radical (unpaired) electrons. The van der Waals surface area contributed by atoms with Crippen molar-refractivity contribution < 1.29 is 13.2 Å². The fourth-order valence-corrected chi connectivity index (χ4v) is 3.01. The molecule has 0 aliphatic carbocycles. The predicted octanol–water partition coefficient (Wildman–Crippen LogP) is 1.15. The number of nitrogens with zero attached hydrogens (tertiary/aromatic N) is 2. The lowest BCUT2D eigenvalue weighted by atomic mass is 10.2. The number of sulfonamides is 1. The lowest BCUT2D eigenvalue weighted by molar-refractivity contribution is -0.129. The first-order chi connectivity index (χ1) is 9.94. The van der Waals surface area contributed by atoms with E-state index in [9.17, 15) is 13.2 Å². The van der Waals surface area contributed by atoms with Crippen LogP contribution in [0.25, 0.3) is 0 Å². The van der Waals surface area contributed by atoms with Gasteiger partial charge in [-0.3, -0.25) is 9.78 Å². The van der Waals surface area contributed by atoms with E-state index in [4.69, 9.17) is 0 Å². The second-order valence-corrected chi connectivity index (χ2v) is 6.79. The first kappa shape index (κ1) is 17.6. The molecule has 21 heavy (non-hydrogen) atoms. The molecule has 0 bridgehead atoms. The first-order valence-electron chi connectivity index (χ1n) is 7.06. The van der Waals surface area contributed by atoms with Gasteiger partial charge >= 0.3 is 0 Å². The Kier molecular flexibility index (Phi) is 7.31. The average molecular weight is 313 g/mol. The van der Waals surface area contributed by atoms with Crippen LogP contribution < -0.4 is 4.72 Å². The molecule has 1 aromatic heterocycles. The summed E-state index contributed by atoms with van der Waals surface area (Å²) >= 11 is 0. The Morgan fingerprint density at radius 1 is 1.33 bits per heavy atom. The maximum absolute atomic E-state index is 11.7. The van der Waals surface area contributed by atoms with E-state index in [-0.39, 0.29) is 18.2 Å². The van der Waals surface area contributed by atoms with Crippen LogP contribution in [0, 0.1) is 0 Å².